The lowest BCUT2D eigenvalue weighted by molar-refractivity contribution is -0.0900. The highest BCUT2D eigenvalue weighted by molar-refractivity contribution is 4.73. The molecule has 17 N–H and O–H groups in total. The van der Waals surface area contributed by atoms with Gasteiger partial charge in [0, 0.05) is 0 Å². The van der Waals surface area contributed by atoms with Gasteiger partial charge >= 0.3 is 0 Å². The molecule has 0 rings (SSSR count). The maximum atomic E-state index is 8.77. The van der Waals surface area contributed by atoms with Gasteiger partial charge in [0.25, 0.3) is 0 Å². The van der Waals surface area contributed by atoms with Gasteiger partial charge in [-0.25, -0.2) is 0 Å². The van der Waals surface area contributed by atoms with E-state index < -0.39 is 31.5 Å². The van der Waals surface area contributed by atoms with Gasteiger partial charge < -0.3 is 58.4 Å². The van der Waals surface area contributed by atoms with Crippen molar-refractivity contribution in [1.29, 1.82) is 0 Å². The Balaban J connectivity index is -0.0000000270. The molecule has 110 valence electrons. The van der Waals surface area contributed by atoms with Crippen molar-refractivity contribution in [1.82, 2.24) is 0 Å². The number of hydrogen-bond donors (Lipinski definition) is 5. The van der Waals surface area contributed by atoms with Crippen molar-refractivity contribution in [2.75, 3.05) is 13.2 Å². The van der Waals surface area contributed by atoms with Gasteiger partial charge in [0.05, 0.1) is 13.2 Å². The number of aliphatic hydroxyl groups is 5. The molecule has 0 fully saturated rings. The molecule has 0 radical (unpaired) electrons. The zero-order valence-electron chi connectivity index (χ0n) is 8.38. The van der Waals surface area contributed by atoms with E-state index in [1.165, 1.54) is 0 Å². The van der Waals surface area contributed by atoms with Gasteiger partial charge in [-0.05, 0) is 0 Å². The van der Waals surface area contributed by atoms with Crippen molar-refractivity contribution in [3.8, 4) is 0 Å². The quantitative estimate of drug-likeness (QED) is 0.327. The molecule has 0 heterocycles. The molecule has 0 saturated heterocycles. The maximum absolute atomic E-state index is 8.77. The van der Waals surface area contributed by atoms with Crippen LogP contribution in [0.2, 0.25) is 0 Å². The van der Waals surface area contributed by atoms with Crippen LogP contribution in [0.15, 0.2) is 0 Å². The third-order valence-electron chi connectivity index (χ3n) is 1.16. The van der Waals surface area contributed by atoms with Crippen molar-refractivity contribution < 1.29 is 58.4 Å². The van der Waals surface area contributed by atoms with Crippen LogP contribution in [0.25, 0.3) is 0 Å². The molecule has 1 unspecified atom stereocenters. The largest absolute Gasteiger partial charge is 0.412 e. The van der Waals surface area contributed by atoms with Crippen molar-refractivity contribution in [3.05, 3.63) is 0 Å². The van der Waals surface area contributed by atoms with Crippen LogP contribution in [0.4, 0.5) is 0 Å². The van der Waals surface area contributed by atoms with Crippen molar-refractivity contribution >= 4 is 0 Å². The molecule has 0 aliphatic carbocycles. The topological polar surface area (TPSA) is 290 Å². The molecule has 0 aromatic carbocycles. The summed E-state index contributed by atoms with van der Waals surface area (Å²) < 4.78 is 0. The van der Waals surface area contributed by atoms with E-state index in [1.807, 2.05) is 0 Å². The molecule has 0 bridgehead atoms. The SMILES string of the molecule is O.O.O.O.O.O.OC[C@@H](O)C(O)[C@@H](O)CO. The van der Waals surface area contributed by atoms with Gasteiger partial charge in [-0.3, -0.25) is 0 Å². The third kappa shape index (κ3) is 16.0. The molecule has 16 heavy (non-hydrogen) atoms. The zero-order valence-corrected chi connectivity index (χ0v) is 8.38. The highest BCUT2D eigenvalue weighted by atomic mass is 16.4. The normalized spacial score (nSPS) is 12.6. The maximum Gasteiger partial charge on any atom is 0.110 e. The fourth-order valence-electron chi connectivity index (χ4n) is 0.472. The van der Waals surface area contributed by atoms with E-state index in [-0.39, 0.29) is 32.9 Å². The van der Waals surface area contributed by atoms with Crippen LogP contribution in [-0.4, -0.2) is 89.9 Å². The minimum atomic E-state index is -1.49. The first-order chi connectivity index (χ1) is 4.63. The van der Waals surface area contributed by atoms with Gasteiger partial charge in [0.15, 0.2) is 0 Å². The fraction of sp³-hybridized carbons (Fsp3) is 1.00. The van der Waals surface area contributed by atoms with E-state index in [2.05, 4.69) is 0 Å². The lowest BCUT2D eigenvalue weighted by atomic mass is 10.1. The first-order valence-corrected chi connectivity index (χ1v) is 2.89. The average molecular weight is 260 g/mol. The smallest absolute Gasteiger partial charge is 0.110 e. The summed E-state index contributed by atoms with van der Waals surface area (Å²) in [4.78, 5) is 0. The van der Waals surface area contributed by atoms with E-state index in [0.29, 0.717) is 0 Å². The second-order valence-corrected chi connectivity index (χ2v) is 1.99. The second kappa shape index (κ2) is 24.0. The Bertz CT molecular complexity index is 80.4. The number of aliphatic hydroxyl groups excluding tert-OH is 5. The van der Waals surface area contributed by atoms with Crippen LogP contribution in [0, 0.1) is 0 Å². The zero-order chi connectivity index (χ0) is 8.15. The molecular formula is C5H24O11. The van der Waals surface area contributed by atoms with Crippen LogP contribution in [-0.2, 0) is 0 Å². The summed E-state index contributed by atoms with van der Waals surface area (Å²) in [5.74, 6) is 0. The van der Waals surface area contributed by atoms with Crippen LogP contribution in [0.3, 0.4) is 0 Å². The first kappa shape index (κ1) is 45.0. The third-order valence-corrected chi connectivity index (χ3v) is 1.16. The van der Waals surface area contributed by atoms with E-state index in [1.54, 1.807) is 0 Å². The Labute approximate surface area is 91.1 Å². The average Bonchev–Trinajstić information content (AvgIpc) is 2.00. The summed E-state index contributed by atoms with van der Waals surface area (Å²) in [6.07, 6.45) is -4.29. The highest BCUT2D eigenvalue weighted by Crippen LogP contribution is 1.97. The van der Waals surface area contributed by atoms with Gasteiger partial charge in [0.2, 0.25) is 0 Å². The molecule has 0 aliphatic heterocycles. The Morgan fingerprint density at radius 3 is 0.875 bits per heavy atom. The summed E-state index contributed by atoms with van der Waals surface area (Å²) in [7, 11) is 0. The van der Waals surface area contributed by atoms with E-state index in [0.717, 1.165) is 0 Å². The molecule has 0 aromatic rings. The second-order valence-electron chi connectivity index (χ2n) is 1.99. The molecule has 0 aromatic heterocycles. The van der Waals surface area contributed by atoms with Gasteiger partial charge in [0.1, 0.15) is 18.3 Å². The van der Waals surface area contributed by atoms with Crippen molar-refractivity contribution in [2.24, 2.45) is 0 Å². The van der Waals surface area contributed by atoms with Crippen LogP contribution >= 0.6 is 0 Å². The van der Waals surface area contributed by atoms with E-state index in [4.69, 9.17) is 25.5 Å². The summed E-state index contributed by atoms with van der Waals surface area (Å²) in [6.45, 7) is -1.28. The molecule has 11 heteroatoms. The van der Waals surface area contributed by atoms with Crippen LogP contribution in [0.5, 0.6) is 0 Å². The van der Waals surface area contributed by atoms with Crippen LogP contribution in [0.1, 0.15) is 0 Å². The molecular weight excluding hydrogens is 236 g/mol. The Kier molecular flexibility index (Phi) is 67.5. The van der Waals surface area contributed by atoms with Crippen LogP contribution < -0.4 is 0 Å². The standard InChI is InChI=1S/C5H12O5.6H2O/c6-1-3(8)5(10)4(9)2-7;;;;;;/h3-10H,1-2H2;6*1H2/t3-,4+,5?;;;;;;. The van der Waals surface area contributed by atoms with Crippen molar-refractivity contribution in [3.63, 3.8) is 0 Å². The molecule has 0 spiro atoms. The summed E-state index contributed by atoms with van der Waals surface area (Å²) in [5, 5.41) is 42.6. The minimum Gasteiger partial charge on any atom is -0.412 e. The molecule has 0 saturated carbocycles. The first-order valence-electron chi connectivity index (χ1n) is 2.89. The lowest BCUT2D eigenvalue weighted by Crippen LogP contribution is -2.41. The summed E-state index contributed by atoms with van der Waals surface area (Å²) in [6, 6.07) is 0. The molecule has 11 nitrogen and oxygen atoms in total. The van der Waals surface area contributed by atoms with Gasteiger partial charge in [-0.15, -0.1) is 0 Å². The predicted molar refractivity (Wildman–Crippen MR) is 53.9 cm³/mol. The fourth-order valence-corrected chi connectivity index (χ4v) is 0.472. The van der Waals surface area contributed by atoms with Gasteiger partial charge in [-0.1, -0.05) is 0 Å². The highest BCUT2D eigenvalue weighted by Gasteiger charge is 2.22. The summed E-state index contributed by atoms with van der Waals surface area (Å²) >= 11 is 0. The Morgan fingerprint density at radius 2 is 0.750 bits per heavy atom. The molecule has 0 amide bonds. The Morgan fingerprint density at radius 1 is 0.562 bits per heavy atom. The van der Waals surface area contributed by atoms with Crippen molar-refractivity contribution in [2.45, 2.75) is 18.3 Å². The molecule has 0 aliphatic rings. The van der Waals surface area contributed by atoms with E-state index in [9.17, 15) is 0 Å². The van der Waals surface area contributed by atoms with Gasteiger partial charge in [-0.2, -0.15) is 0 Å². The number of hydrogen-bond acceptors (Lipinski definition) is 5. The van der Waals surface area contributed by atoms with E-state index >= 15 is 0 Å². The molecule has 3 atom stereocenters. The predicted octanol–water partition coefficient (Wildman–Crippen LogP) is -7.89. The lowest BCUT2D eigenvalue weighted by Gasteiger charge is -2.19. The Hall–Kier alpha value is -0.440. The summed E-state index contributed by atoms with van der Waals surface area (Å²) in [5.41, 5.74) is 0. The number of rotatable bonds is 4. The monoisotopic (exact) mass is 260 g/mol. The minimum absolute atomic E-state index is 0.